The van der Waals surface area contributed by atoms with E-state index in [2.05, 4.69) is 15.4 Å². The van der Waals surface area contributed by atoms with Crippen LogP contribution in [0, 0.1) is 0 Å². The zero-order chi connectivity index (χ0) is 16.9. The van der Waals surface area contributed by atoms with Gasteiger partial charge in [0, 0.05) is 17.8 Å². The summed E-state index contributed by atoms with van der Waals surface area (Å²) in [6.45, 7) is 0. The molecule has 3 N–H and O–H groups in total. The number of rotatable bonds is 5. The van der Waals surface area contributed by atoms with Gasteiger partial charge in [-0.1, -0.05) is 29.5 Å². The molecule has 3 rings (SSSR count). The van der Waals surface area contributed by atoms with E-state index in [-0.39, 0.29) is 5.91 Å². The Kier molecular flexibility index (Phi) is 4.48. The fraction of sp³-hybridized carbons (Fsp3) is 0. The predicted octanol–water partition coefficient (Wildman–Crippen LogP) is 2.08. The minimum absolute atomic E-state index is 0.290. The number of benzene rings is 1. The quantitative estimate of drug-likeness (QED) is 0.695. The summed E-state index contributed by atoms with van der Waals surface area (Å²) in [5.74, 6) is -0.926. The molecule has 0 spiro atoms. The summed E-state index contributed by atoms with van der Waals surface area (Å²) < 4.78 is 1.72. The maximum atomic E-state index is 11.9. The molecule has 0 bridgehead atoms. The van der Waals surface area contributed by atoms with Crippen LogP contribution in [0.15, 0.2) is 55.0 Å². The number of carbonyl (C=O) groups is 2. The number of thiazole rings is 1. The predicted molar refractivity (Wildman–Crippen MR) is 91.9 cm³/mol. The van der Waals surface area contributed by atoms with E-state index in [4.69, 9.17) is 5.73 Å². The number of carbonyl (C=O) groups excluding carboxylic acids is 2. The minimum Gasteiger partial charge on any atom is -0.365 e. The van der Waals surface area contributed by atoms with Crippen LogP contribution in [0.25, 0.3) is 11.8 Å². The van der Waals surface area contributed by atoms with Gasteiger partial charge in [0.1, 0.15) is 4.88 Å². The van der Waals surface area contributed by atoms with Crippen LogP contribution < -0.4 is 11.1 Å². The molecule has 8 heteroatoms. The van der Waals surface area contributed by atoms with E-state index in [0.29, 0.717) is 10.0 Å². The van der Waals surface area contributed by atoms with Gasteiger partial charge in [0.25, 0.3) is 5.91 Å². The molecule has 24 heavy (non-hydrogen) atoms. The highest BCUT2D eigenvalue weighted by molar-refractivity contribution is 7.17. The molecule has 120 valence electrons. The molecule has 2 heterocycles. The van der Waals surface area contributed by atoms with Crippen molar-refractivity contribution in [3.63, 3.8) is 0 Å². The largest absolute Gasteiger partial charge is 0.365 e. The molecule has 2 aromatic heterocycles. The zero-order valence-corrected chi connectivity index (χ0v) is 13.2. The molecule has 0 aliphatic carbocycles. The number of anilines is 1. The number of para-hydroxylation sites is 1. The maximum Gasteiger partial charge on any atom is 0.260 e. The molecule has 0 aliphatic rings. The van der Waals surface area contributed by atoms with Crippen molar-refractivity contribution in [1.82, 2.24) is 14.8 Å². The maximum absolute atomic E-state index is 11.9. The summed E-state index contributed by atoms with van der Waals surface area (Å²) in [7, 11) is 0. The van der Waals surface area contributed by atoms with E-state index in [1.807, 2.05) is 36.5 Å². The van der Waals surface area contributed by atoms with Gasteiger partial charge in [0.2, 0.25) is 5.91 Å². The summed E-state index contributed by atoms with van der Waals surface area (Å²) in [4.78, 5) is 27.1. The Labute approximate surface area is 141 Å². The third-order valence-corrected chi connectivity index (χ3v) is 3.96. The van der Waals surface area contributed by atoms with E-state index in [9.17, 15) is 9.59 Å². The number of aromatic nitrogens is 3. The molecule has 0 saturated heterocycles. The lowest BCUT2D eigenvalue weighted by Crippen LogP contribution is -2.08. The number of nitrogens with zero attached hydrogens (tertiary/aromatic N) is 3. The van der Waals surface area contributed by atoms with Gasteiger partial charge in [-0.3, -0.25) is 14.9 Å². The van der Waals surface area contributed by atoms with Crippen LogP contribution in [0.5, 0.6) is 0 Å². The second kappa shape index (κ2) is 6.88. The SMILES string of the molecule is NC(=O)c1cnc(NC(=O)/C=C/c2cnn(-c3ccccc3)c2)s1. The molecule has 2 amide bonds. The molecule has 3 aromatic rings. The summed E-state index contributed by atoms with van der Waals surface area (Å²) >= 11 is 1.02. The number of hydrogen-bond donors (Lipinski definition) is 2. The first-order valence-corrected chi connectivity index (χ1v) is 7.78. The monoisotopic (exact) mass is 339 g/mol. The third-order valence-electron chi connectivity index (χ3n) is 3.03. The summed E-state index contributed by atoms with van der Waals surface area (Å²) in [5.41, 5.74) is 6.86. The van der Waals surface area contributed by atoms with E-state index in [1.165, 1.54) is 12.3 Å². The normalized spacial score (nSPS) is 10.8. The number of nitrogens with two attached hydrogens (primary N) is 1. The molecule has 0 fully saturated rings. The Balaban J connectivity index is 1.64. The topological polar surface area (TPSA) is 103 Å². The van der Waals surface area contributed by atoms with Crippen LogP contribution in [-0.4, -0.2) is 26.6 Å². The first-order chi connectivity index (χ1) is 11.6. The van der Waals surface area contributed by atoms with Crippen molar-refractivity contribution in [2.45, 2.75) is 0 Å². The summed E-state index contributed by atoms with van der Waals surface area (Å²) in [6.07, 6.45) is 7.82. The van der Waals surface area contributed by atoms with Crippen molar-refractivity contribution in [2.75, 3.05) is 5.32 Å². The van der Waals surface area contributed by atoms with Crippen LogP contribution in [0.2, 0.25) is 0 Å². The first kappa shape index (κ1) is 15.6. The molecule has 0 atom stereocenters. The fourth-order valence-corrected chi connectivity index (χ4v) is 2.58. The van der Waals surface area contributed by atoms with Crippen molar-refractivity contribution in [2.24, 2.45) is 5.73 Å². The minimum atomic E-state index is -0.572. The van der Waals surface area contributed by atoms with Crippen molar-refractivity contribution in [1.29, 1.82) is 0 Å². The lowest BCUT2D eigenvalue weighted by atomic mass is 10.3. The Morgan fingerprint density at radius 2 is 2.00 bits per heavy atom. The second-order valence-corrected chi connectivity index (χ2v) is 5.80. The van der Waals surface area contributed by atoms with Gasteiger partial charge < -0.3 is 5.73 Å². The lowest BCUT2D eigenvalue weighted by Gasteiger charge is -1.98. The highest BCUT2D eigenvalue weighted by Crippen LogP contribution is 2.17. The van der Waals surface area contributed by atoms with Crippen LogP contribution in [0.4, 0.5) is 5.13 Å². The van der Waals surface area contributed by atoms with Crippen LogP contribution in [0.1, 0.15) is 15.2 Å². The molecule has 0 unspecified atom stereocenters. The van der Waals surface area contributed by atoms with E-state index >= 15 is 0 Å². The number of nitrogens with one attached hydrogen (secondary N) is 1. The zero-order valence-electron chi connectivity index (χ0n) is 12.4. The average molecular weight is 339 g/mol. The van der Waals surface area contributed by atoms with E-state index in [1.54, 1.807) is 17.0 Å². The van der Waals surface area contributed by atoms with Crippen LogP contribution in [-0.2, 0) is 4.79 Å². The lowest BCUT2D eigenvalue weighted by molar-refractivity contribution is -0.111. The number of amides is 2. The van der Waals surface area contributed by atoms with Gasteiger partial charge in [-0.15, -0.1) is 0 Å². The highest BCUT2D eigenvalue weighted by atomic mass is 32.1. The molecule has 1 aromatic carbocycles. The van der Waals surface area contributed by atoms with Crippen LogP contribution in [0.3, 0.4) is 0 Å². The van der Waals surface area contributed by atoms with E-state index < -0.39 is 5.91 Å². The highest BCUT2D eigenvalue weighted by Gasteiger charge is 2.08. The van der Waals surface area contributed by atoms with Gasteiger partial charge in [-0.2, -0.15) is 5.10 Å². The average Bonchev–Trinajstić information content (AvgIpc) is 3.23. The summed E-state index contributed by atoms with van der Waals surface area (Å²) in [6, 6.07) is 9.65. The fourth-order valence-electron chi connectivity index (χ4n) is 1.91. The van der Waals surface area contributed by atoms with E-state index in [0.717, 1.165) is 22.6 Å². The van der Waals surface area contributed by atoms with Crippen molar-refractivity contribution in [3.8, 4) is 5.69 Å². The Morgan fingerprint density at radius 3 is 2.71 bits per heavy atom. The van der Waals surface area contributed by atoms with Crippen molar-refractivity contribution < 1.29 is 9.59 Å². The van der Waals surface area contributed by atoms with Crippen LogP contribution >= 0.6 is 11.3 Å². The van der Waals surface area contributed by atoms with Gasteiger partial charge in [-0.25, -0.2) is 9.67 Å². The van der Waals surface area contributed by atoms with Gasteiger partial charge in [-0.05, 0) is 18.2 Å². The number of hydrogen-bond acceptors (Lipinski definition) is 5. The first-order valence-electron chi connectivity index (χ1n) is 6.96. The molecule has 0 aliphatic heterocycles. The smallest absolute Gasteiger partial charge is 0.260 e. The molecule has 0 saturated carbocycles. The standard InChI is InChI=1S/C16H13N5O2S/c17-15(23)13-9-18-16(24-13)20-14(22)7-6-11-8-19-21(10-11)12-4-2-1-3-5-12/h1-10H,(H2,17,23)(H,18,20,22)/b7-6+. The second-order valence-electron chi connectivity index (χ2n) is 4.77. The third kappa shape index (κ3) is 3.73. The van der Waals surface area contributed by atoms with Gasteiger partial charge in [0.05, 0.1) is 18.1 Å². The van der Waals surface area contributed by atoms with Crippen molar-refractivity contribution in [3.05, 3.63) is 65.4 Å². The van der Waals surface area contributed by atoms with Gasteiger partial charge in [0.15, 0.2) is 5.13 Å². The Morgan fingerprint density at radius 1 is 1.21 bits per heavy atom. The summed E-state index contributed by atoms with van der Waals surface area (Å²) in [5, 5.41) is 7.13. The van der Waals surface area contributed by atoms with Gasteiger partial charge >= 0.3 is 0 Å². The Bertz CT molecular complexity index is 898. The molecular formula is C16H13N5O2S. The Hall–Kier alpha value is -3.26. The number of primary amides is 1. The molecule has 7 nitrogen and oxygen atoms in total. The molecular weight excluding hydrogens is 326 g/mol. The van der Waals surface area contributed by atoms with Crippen molar-refractivity contribution >= 4 is 34.4 Å². The molecule has 0 radical (unpaired) electrons.